The lowest BCUT2D eigenvalue weighted by atomic mass is 9.97. The molecular weight excluding hydrogens is 289 g/mol. The van der Waals surface area contributed by atoms with Gasteiger partial charge in [-0.15, -0.1) is 0 Å². The van der Waals surface area contributed by atoms with Crippen LogP contribution in [-0.4, -0.2) is 44.5 Å². The van der Waals surface area contributed by atoms with Gasteiger partial charge in [0.2, 0.25) is 5.75 Å². The fraction of sp³-hybridized carbons (Fsp3) is 0.625. The zero-order chi connectivity index (χ0) is 16.9. The Morgan fingerprint density at radius 2 is 1.50 bits per heavy atom. The van der Waals surface area contributed by atoms with Gasteiger partial charge in [0.1, 0.15) is 5.82 Å². The van der Waals surface area contributed by atoms with Crippen molar-refractivity contribution < 1.29 is 24.4 Å². The van der Waals surface area contributed by atoms with Gasteiger partial charge in [-0.2, -0.15) is 0 Å². The standard InChI is InChI=1S/C16H24FNO4/c1-9-11(17)10(13(20)14(21)12(9)19)6-18-7-15(2,3)22-16(4,5)8-18/h19-21H,6-8H2,1-5H3. The zero-order valence-electron chi connectivity index (χ0n) is 13.7. The molecule has 0 radical (unpaired) electrons. The molecule has 1 aromatic rings. The molecule has 0 saturated carbocycles. The van der Waals surface area contributed by atoms with E-state index in [0.717, 1.165) is 0 Å². The van der Waals surface area contributed by atoms with E-state index in [2.05, 4.69) is 0 Å². The van der Waals surface area contributed by atoms with Gasteiger partial charge in [-0.05, 0) is 34.6 Å². The van der Waals surface area contributed by atoms with Gasteiger partial charge in [-0.1, -0.05) is 0 Å². The third kappa shape index (κ3) is 3.13. The maximum Gasteiger partial charge on any atom is 0.201 e. The van der Waals surface area contributed by atoms with Crippen LogP contribution >= 0.6 is 0 Å². The minimum atomic E-state index is -0.699. The number of rotatable bonds is 2. The maximum absolute atomic E-state index is 14.4. The summed E-state index contributed by atoms with van der Waals surface area (Å²) in [5.41, 5.74) is -0.887. The number of ether oxygens (including phenoxy) is 1. The maximum atomic E-state index is 14.4. The van der Waals surface area contributed by atoms with E-state index in [1.165, 1.54) is 6.92 Å². The Hall–Kier alpha value is -1.53. The molecule has 0 unspecified atom stereocenters. The van der Waals surface area contributed by atoms with Crippen molar-refractivity contribution in [3.63, 3.8) is 0 Å². The molecular formula is C16H24FNO4. The largest absolute Gasteiger partial charge is 0.504 e. The molecule has 0 spiro atoms. The van der Waals surface area contributed by atoms with Crippen LogP contribution in [0.15, 0.2) is 0 Å². The second-order valence-corrected chi connectivity index (χ2v) is 7.23. The molecule has 0 aromatic heterocycles. The number of hydrogen-bond acceptors (Lipinski definition) is 5. The van der Waals surface area contributed by atoms with Crippen LogP contribution in [0.5, 0.6) is 17.2 Å². The van der Waals surface area contributed by atoms with Gasteiger partial charge in [-0.25, -0.2) is 4.39 Å². The number of hydrogen-bond donors (Lipinski definition) is 3. The average molecular weight is 313 g/mol. The van der Waals surface area contributed by atoms with Gasteiger partial charge < -0.3 is 20.1 Å². The lowest BCUT2D eigenvalue weighted by Gasteiger charge is -2.47. The molecule has 0 amide bonds. The summed E-state index contributed by atoms with van der Waals surface area (Å²) in [6, 6.07) is 0. The van der Waals surface area contributed by atoms with Crippen LogP contribution in [0.3, 0.4) is 0 Å². The minimum absolute atomic E-state index is 0.0127. The summed E-state index contributed by atoms with van der Waals surface area (Å²) in [5.74, 6) is -2.61. The molecule has 2 rings (SSSR count). The third-order valence-electron chi connectivity index (χ3n) is 3.83. The van der Waals surface area contributed by atoms with Crippen molar-refractivity contribution in [3.8, 4) is 17.2 Å². The molecule has 3 N–H and O–H groups in total. The van der Waals surface area contributed by atoms with Crippen molar-refractivity contribution in [1.82, 2.24) is 4.90 Å². The van der Waals surface area contributed by atoms with E-state index < -0.39 is 34.3 Å². The number of morpholine rings is 1. The molecule has 6 heteroatoms. The molecule has 1 fully saturated rings. The Morgan fingerprint density at radius 3 is 2.00 bits per heavy atom. The van der Waals surface area contributed by atoms with E-state index in [1.807, 2.05) is 32.6 Å². The molecule has 0 aliphatic carbocycles. The summed E-state index contributed by atoms with van der Waals surface area (Å²) >= 11 is 0. The average Bonchev–Trinajstić information content (AvgIpc) is 2.35. The lowest BCUT2D eigenvalue weighted by Crippen LogP contribution is -2.56. The summed E-state index contributed by atoms with van der Waals surface area (Å²) < 4.78 is 20.3. The van der Waals surface area contributed by atoms with Crippen LogP contribution in [0.4, 0.5) is 4.39 Å². The van der Waals surface area contributed by atoms with Crippen molar-refractivity contribution >= 4 is 0 Å². The first-order chi connectivity index (χ1) is 9.93. The first-order valence-corrected chi connectivity index (χ1v) is 7.28. The second kappa shape index (κ2) is 5.28. The van der Waals surface area contributed by atoms with Crippen LogP contribution in [0.1, 0.15) is 38.8 Å². The monoisotopic (exact) mass is 313 g/mol. The van der Waals surface area contributed by atoms with Crippen molar-refractivity contribution in [2.45, 2.75) is 52.4 Å². The number of benzene rings is 1. The number of phenols is 3. The van der Waals surface area contributed by atoms with Gasteiger partial charge >= 0.3 is 0 Å². The third-order valence-corrected chi connectivity index (χ3v) is 3.83. The van der Waals surface area contributed by atoms with Crippen LogP contribution in [-0.2, 0) is 11.3 Å². The summed E-state index contributed by atoms with van der Waals surface area (Å²) in [4.78, 5) is 1.97. The van der Waals surface area contributed by atoms with E-state index in [1.54, 1.807) is 0 Å². The Labute approximate surface area is 129 Å². The van der Waals surface area contributed by atoms with Crippen LogP contribution < -0.4 is 0 Å². The molecule has 0 atom stereocenters. The molecule has 5 nitrogen and oxygen atoms in total. The number of halogens is 1. The summed E-state index contributed by atoms with van der Waals surface area (Å²) in [7, 11) is 0. The van der Waals surface area contributed by atoms with Crippen molar-refractivity contribution in [1.29, 1.82) is 0 Å². The van der Waals surface area contributed by atoms with E-state index in [4.69, 9.17) is 4.74 Å². The quantitative estimate of drug-likeness (QED) is 0.732. The van der Waals surface area contributed by atoms with Gasteiger partial charge in [-0.3, -0.25) is 4.90 Å². The predicted octanol–water partition coefficient (Wildman–Crippen LogP) is 2.64. The highest BCUT2D eigenvalue weighted by atomic mass is 19.1. The van der Waals surface area contributed by atoms with Crippen LogP contribution in [0.2, 0.25) is 0 Å². The van der Waals surface area contributed by atoms with Crippen molar-refractivity contribution in [2.24, 2.45) is 0 Å². The number of phenolic OH excluding ortho intramolecular Hbond substituents is 3. The smallest absolute Gasteiger partial charge is 0.201 e. The SMILES string of the molecule is Cc1c(O)c(O)c(O)c(CN2CC(C)(C)OC(C)(C)C2)c1F. The minimum Gasteiger partial charge on any atom is -0.504 e. The Morgan fingerprint density at radius 1 is 1.00 bits per heavy atom. The van der Waals surface area contributed by atoms with E-state index in [0.29, 0.717) is 13.1 Å². The predicted molar refractivity (Wildman–Crippen MR) is 80.7 cm³/mol. The van der Waals surface area contributed by atoms with Crippen molar-refractivity contribution in [2.75, 3.05) is 13.1 Å². The summed E-state index contributed by atoms with van der Waals surface area (Å²) in [6.45, 7) is 10.4. The van der Waals surface area contributed by atoms with E-state index >= 15 is 0 Å². The Kier molecular flexibility index (Phi) is 4.04. The number of nitrogens with zero attached hydrogens (tertiary/aromatic N) is 1. The molecule has 1 aliphatic heterocycles. The van der Waals surface area contributed by atoms with E-state index in [9.17, 15) is 19.7 Å². The number of aromatic hydroxyl groups is 3. The second-order valence-electron chi connectivity index (χ2n) is 7.23. The fourth-order valence-corrected chi connectivity index (χ4v) is 3.29. The normalized spacial score (nSPS) is 21.0. The topological polar surface area (TPSA) is 73.2 Å². The highest BCUT2D eigenvalue weighted by Crippen LogP contribution is 2.43. The van der Waals surface area contributed by atoms with Gasteiger partial charge in [0.15, 0.2) is 11.5 Å². The molecule has 1 aromatic carbocycles. The van der Waals surface area contributed by atoms with Crippen LogP contribution in [0.25, 0.3) is 0 Å². The zero-order valence-corrected chi connectivity index (χ0v) is 13.7. The van der Waals surface area contributed by atoms with Gasteiger partial charge in [0, 0.05) is 30.8 Å². The van der Waals surface area contributed by atoms with Crippen LogP contribution in [0, 0.1) is 12.7 Å². The van der Waals surface area contributed by atoms with Gasteiger partial charge in [0.05, 0.1) is 11.2 Å². The first kappa shape index (κ1) is 16.8. The summed E-state index contributed by atoms with van der Waals surface area (Å²) in [5, 5.41) is 29.3. The lowest BCUT2D eigenvalue weighted by molar-refractivity contribution is -0.182. The van der Waals surface area contributed by atoms with E-state index in [-0.39, 0.29) is 17.7 Å². The van der Waals surface area contributed by atoms with Gasteiger partial charge in [0.25, 0.3) is 0 Å². The molecule has 22 heavy (non-hydrogen) atoms. The molecule has 124 valence electrons. The fourth-order valence-electron chi connectivity index (χ4n) is 3.29. The molecule has 1 saturated heterocycles. The highest BCUT2D eigenvalue weighted by molar-refractivity contribution is 5.57. The molecule has 1 heterocycles. The Balaban J connectivity index is 2.35. The Bertz CT molecular complexity index is 553. The molecule has 0 bridgehead atoms. The van der Waals surface area contributed by atoms with Crippen molar-refractivity contribution in [3.05, 3.63) is 16.9 Å². The summed E-state index contributed by atoms with van der Waals surface area (Å²) in [6.07, 6.45) is 0. The highest BCUT2D eigenvalue weighted by Gasteiger charge is 2.38. The molecule has 1 aliphatic rings. The first-order valence-electron chi connectivity index (χ1n) is 7.28.